The largest absolute Gasteiger partial charge is 0.342 e. The number of hydrogen-bond donors (Lipinski definition) is 1. The number of rotatable bonds is 7. The normalized spacial score (nSPS) is 10.6. The fraction of sp³-hybridized carbons (Fsp3) is 0.909. The fourth-order valence-corrected chi connectivity index (χ4v) is 1.30. The lowest BCUT2D eigenvalue weighted by Crippen LogP contribution is -2.40. The maximum absolute atomic E-state index is 11.7. The summed E-state index contributed by atoms with van der Waals surface area (Å²) in [6.07, 6.45) is 2.07. The van der Waals surface area contributed by atoms with E-state index in [9.17, 15) is 4.79 Å². The molecule has 0 fully saturated rings. The highest BCUT2D eigenvalue weighted by molar-refractivity contribution is 5.78. The van der Waals surface area contributed by atoms with Crippen LogP contribution in [-0.2, 0) is 4.79 Å². The Bertz CT molecular complexity index is 151. The molecule has 0 rings (SSSR count). The van der Waals surface area contributed by atoms with E-state index in [2.05, 4.69) is 33.0 Å². The van der Waals surface area contributed by atoms with Crippen LogP contribution < -0.4 is 5.32 Å². The molecule has 84 valence electrons. The Hall–Kier alpha value is -0.570. The SMILES string of the molecule is CCCN(CCC)C(=O)CNC(C)C. The van der Waals surface area contributed by atoms with Gasteiger partial charge in [-0.05, 0) is 12.8 Å². The smallest absolute Gasteiger partial charge is 0.236 e. The molecule has 1 N–H and O–H groups in total. The zero-order valence-corrected chi connectivity index (χ0v) is 9.97. The first-order valence-corrected chi connectivity index (χ1v) is 5.62. The van der Waals surface area contributed by atoms with E-state index in [1.54, 1.807) is 0 Å². The van der Waals surface area contributed by atoms with Gasteiger partial charge in [0.2, 0.25) is 5.91 Å². The number of nitrogens with one attached hydrogen (secondary N) is 1. The van der Waals surface area contributed by atoms with Gasteiger partial charge in [0.15, 0.2) is 0 Å². The van der Waals surface area contributed by atoms with Gasteiger partial charge in [-0.1, -0.05) is 27.7 Å². The van der Waals surface area contributed by atoms with Gasteiger partial charge in [-0.2, -0.15) is 0 Å². The highest BCUT2D eigenvalue weighted by atomic mass is 16.2. The molecular weight excluding hydrogens is 176 g/mol. The monoisotopic (exact) mass is 200 g/mol. The Labute approximate surface area is 87.9 Å². The van der Waals surface area contributed by atoms with E-state index in [1.807, 2.05) is 4.90 Å². The highest BCUT2D eigenvalue weighted by Crippen LogP contribution is 1.94. The van der Waals surface area contributed by atoms with Crippen LogP contribution in [-0.4, -0.2) is 36.5 Å². The van der Waals surface area contributed by atoms with Crippen LogP contribution in [0.5, 0.6) is 0 Å². The van der Waals surface area contributed by atoms with Crippen LogP contribution in [0.3, 0.4) is 0 Å². The van der Waals surface area contributed by atoms with Crippen molar-refractivity contribution in [2.24, 2.45) is 0 Å². The summed E-state index contributed by atoms with van der Waals surface area (Å²) in [5.74, 6) is 0.224. The second kappa shape index (κ2) is 7.80. The van der Waals surface area contributed by atoms with Crippen molar-refractivity contribution in [2.45, 2.75) is 46.6 Å². The van der Waals surface area contributed by atoms with Crippen LogP contribution >= 0.6 is 0 Å². The number of carbonyl (C=O) groups is 1. The summed E-state index contributed by atoms with van der Waals surface area (Å²) in [6.45, 7) is 10.5. The number of amides is 1. The van der Waals surface area contributed by atoms with Gasteiger partial charge in [0.05, 0.1) is 6.54 Å². The highest BCUT2D eigenvalue weighted by Gasteiger charge is 2.10. The zero-order valence-electron chi connectivity index (χ0n) is 9.97. The second-order valence-electron chi connectivity index (χ2n) is 3.92. The summed E-state index contributed by atoms with van der Waals surface area (Å²) in [5.41, 5.74) is 0. The lowest BCUT2D eigenvalue weighted by Gasteiger charge is -2.22. The molecule has 0 unspecified atom stereocenters. The van der Waals surface area contributed by atoms with E-state index in [1.165, 1.54) is 0 Å². The van der Waals surface area contributed by atoms with Crippen molar-refractivity contribution >= 4 is 5.91 Å². The summed E-state index contributed by atoms with van der Waals surface area (Å²) in [4.78, 5) is 13.6. The summed E-state index contributed by atoms with van der Waals surface area (Å²) < 4.78 is 0. The third-order valence-electron chi connectivity index (χ3n) is 2.00. The fourth-order valence-electron chi connectivity index (χ4n) is 1.30. The van der Waals surface area contributed by atoms with Crippen molar-refractivity contribution in [3.63, 3.8) is 0 Å². The Morgan fingerprint density at radius 3 is 2.07 bits per heavy atom. The molecule has 0 aromatic heterocycles. The minimum Gasteiger partial charge on any atom is -0.342 e. The van der Waals surface area contributed by atoms with Crippen LogP contribution in [0.25, 0.3) is 0 Å². The predicted molar refractivity (Wildman–Crippen MR) is 60.3 cm³/mol. The molecule has 0 aromatic carbocycles. The second-order valence-corrected chi connectivity index (χ2v) is 3.92. The number of carbonyl (C=O) groups excluding carboxylic acids is 1. The van der Waals surface area contributed by atoms with Crippen LogP contribution in [0.1, 0.15) is 40.5 Å². The van der Waals surface area contributed by atoms with Gasteiger partial charge in [-0.25, -0.2) is 0 Å². The third-order valence-corrected chi connectivity index (χ3v) is 2.00. The van der Waals surface area contributed by atoms with Crippen molar-refractivity contribution in [3.8, 4) is 0 Å². The number of hydrogen-bond acceptors (Lipinski definition) is 2. The molecule has 1 amide bonds. The summed E-state index contributed by atoms with van der Waals surface area (Å²) >= 11 is 0. The Balaban J connectivity index is 3.88. The molecule has 0 spiro atoms. The molecule has 0 aliphatic carbocycles. The van der Waals surface area contributed by atoms with Crippen molar-refractivity contribution in [1.29, 1.82) is 0 Å². The van der Waals surface area contributed by atoms with Crippen LogP contribution in [0.15, 0.2) is 0 Å². The minimum absolute atomic E-state index is 0.224. The van der Waals surface area contributed by atoms with E-state index in [-0.39, 0.29) is 5.91 Å². The van der Waals surface area contributed by atoms with E-state index >= 15 is 0 Å². The topological polar surface area (TPSA) is 32.3 Å². The molecule has 0 radical (unpaired) electrons. The van der Waals surface area contributed by atoms with E-state index in [4.69, 9.17) is 0 Å². The molecule has 0 aliphatic heterocycles. The molecular formula is C11H24N2O. The van der Waals surface area contributed by atoms with E-state index in [0.717, 1.165) is 25.9 Å². The lowest BCUT2D eigenvalue weighted by molar-refractivity contribution is -0.130. The average molecular weight is 200 g/mol. The van der Waals surface area contributed by atoms with Crippen LogP contribution in [0, 0.1) is 0 Å². The first-order valence-electron chi connectivity index (χ1n) is 5.62. The third kappa shape index (κ3) is 5.97. The minimum atomic E-state index is 0.224. The lowest BCUT2D eigenvalue weighted by atomic mass is 10.3. The Kier molecular flexibility index (Phi) is 7.48. The molecule has 14 heavy (non-hydrogen) atoms. The standard InChI is InChI=1S/C11H24N2O/c1-5-7-13(8-6-2)11(14)9-12-10(3)4/h10,12H,5-9H2,1-4H3. The van der Waals surface area contributed by atoms with Crippen molar-refractivity contribution in [1.82, 2.24) is 10.2 Å². The number of nitrogens with zero attached hydrogens (tertiary/aromatic N) is 1. The molecule has 3 nitrogen and oxygen atoms in total. The van der Waals surface area contributed by atoms with Gasteiger partial charge in [0.25, 0.3) is 0 Å². The van der Waals surface area contributed by atoms with Crippen LogP contribution in [0.2, 0.25) is 0 Å². The predicted octanol–water partition coefficient (Wildman–Crippen LogP) is 1.63. The van der Waals surface area contributed by atoms with Gasteiger partial charge >= 0.3 is 0 Å². The molecule has 3 heteroatoms. The van der Waals surface area contributed by atoms with Crippen LogP contribution in [0.4, 0.5) is 0 Å². The maximum Gasteiger partial charge on any atom is 0.236 e. The average Bonchev–Trinajstić information content (AvgIpc) is 2.14. The van der Waals surface area contributed by atoms with Crippen molar-refractivity contribution in [3.05, 3.63) is 0 Å². The molecule has 0 saturated heterocycles. The summed E-state index contributed by atoms with van der Waals surface area (Å²) in [7, 11) is 0. The van der Waals surface area contributed by atoms with E-state index < -0.39 is 0 Å². The van der Waals surface area contributed by atoms with Gasteiger partial charge in [-0.3, -0.25) is 4.79 Å². The Morgan fingerprint density at radius 1 is 1.21 bits per heavy atom. The molecule has 0 aliphatic rings. The summed E-state index contributed by atoms with van der Waals surface area (Å²) in [6, 6.07) is 0.379. The molecule has 0 heterocycles. The molecule has 0 atom stereocenters. The first kappa shape index (κ1) is 13.4. The van der Waals surface area contributed by atoms with Gasteiger partial charge in [-0.15, -0.1) is 0 Å². The molecule has 0 saturated carbocycles. The van der Waals surface area contributed by atoms with Gasteiger partial charge in [0, 0.05) is 19.1 Å². The first-order chi connectivity index (χ1) is 6.61. The van der Waals surface area contributed by atoms with Gasteiger partial charge < -0.3 is 10.2 Å². The molecule has 0 aromatic rings. The molecule has 0 bridgehead atoms. The van der Waals surface area contributed by atoms with Gasteiger partial charge in [0.1, 0.15) is 0 Å². The maximum atomic E-state index is 11.7. The summed E-state index contributed by atoms with van der Waals surface area (Å²) in [5, 5.41) is 3.15. The quantitative estimate of drug-likeness (QED) is 0.677. The van der Waals surface area contributed by atoms with Crippen molar-refractivity contribution < 1.29 is 4.79 Å². The zero-order chi connectivity index (χ0) is 11.0. The van der Waals surface area contributed by atoms with E-state index in [0.29, 0.717) is 12.6 Å². The Morgan fingerprint density at radius 2 is 1.71 bits per heavy atom. The van der Waals surface area contributed by atoms with Crippen molar-refractivity contribution in [2.75, 3.05) is 19.6 Å².